The van der Waals surface area contributed by atoms with Crippen molar-refractivity contribution < 1.29 is 4.79 Å². The van der Waals surface area contributed by atoms with Crippen molar-refractivity contribution in [2.45, 2.75) is 31.7 Å². The van der Waals surface area contributed by atoms with Crippen LogP contribution < -0.4 is 11.1 Å². The number of rotatable bonds is 5. The van der Waals surface area contributed by atoms with Crippen LogP contribution in [0.1, 0.15) is 31.2 Å². The normalized spacial score (nSPS) is 19.5. The highest BCUT2D eigenvalue weighted by atomic mass is 35.5. The number of amides is 1. The van der Waals surface area contributed by atoms with Gasteiger partial charge in [0, 0.05) is 19.1 Å². The monoisotopic (exact) mass is 347 g/mol. The van der Waals surface area contributed by atoms with Gasteiger partial charge < -0.3 is 16.0 Å². The van der Waals surface area contributed by atoms with Gasteiger partial charge in [0.1, 0.15) is 0 Å². The zero-order chi connectivity index (χ0) is 14.4. The third-order valence-corrected chi connectivity index (χ3v) is 4.05. The Balaban J connectivity index is 0.00000220. The Kier molecular flexibility index (Phi) is 10.4. The van der Waals surface area contributed by atoms with Crippen molar-refractivity contribution in [3.63, 3.8) is 0 Å². The summed E-state index contributed by atoms with van der Waals surface area (Å²) in [5, 5.41) is 3.17. The molecule has 22 heavy (non-hydrogen) atoms. The fourth-order valence-corrected chi connectivity index (χ4v) is 2.84. The smallest absolute Gasteiger partial charge is 0.229 e. The average Bonchev–Trinajstić information content (AvgIpc) is 2.49. The number of piperidine rings is 1. The van der Waals surface area contributed by atoms with Gasteiger partial charge in [-0.05, 0) is 31.5 Å². The first-order valence-electron chi connectivity index (χ1n) is 7.52. The van der Waals surface area contributed by atoms with E-state index < -0.39 is 0 Å². The largest absolute Gasteiger partial charge is 0.352 e. The Morgan fingerprint density at radius 1 is 1.36 bits per heavy atom. The van der Waals surface area contributed by atoms with E-state index in [1.807, 2.05) is 30.3 Å². The van der Waals surface area contributed by atoms with E-state index >= 15 is 0 Å². The molecule has 1 fully saturated rings. The molecular weight excluding hydrogens is 321 g/mol. The Labute approximate surface area is 145 Å². The minimum Gasteiger partial charge on any atom is -0.352 e. The molecule has 6 heteroatoms. The van der Waals surface area contributed by atoms with Gasteiger partial charge in [0.25, 0.3) is 0 Å². The van der Waals surface area contributed by atoms with Gasteiger partial charge in [0.05, 0.1) is 5.92 Å². The van der Waals surface area contributed by atoms with E-state index in [-0.39, 0.29) is 42.7 Å². The van der Waals surface area contributed by atoms with Crippen LogP contribution in [0.15, 0.2) is 30.3 Å². The lowest BCUT2D eigenvalue weighted by molar-refractivity contribution is -0.123. The van der Waals surface area contributed by atoms with Crippen LogP contribution in [-0.4, -0.2) is 43.0 Å². The number of carbonyl (C=O) groups excluding carboxylic acids is 1. The third kappa shape index (κ3) is 5.76. The molecule has 1 aliphatic heterocycles. The highest BCUT2D eigenvalue weighted by molar-refractivity contribution is 5.85. The summed E-state index contributed by atoms with van der Waals surface area (Å²) in [5.74, 6) is -0.185. The first kappa shape index (κ1) is 21.2. The maximum Gasteiger partial charge on any atom is 0.229 e. The quantitative estimate of drug-likeness (QED) is 0.858. The van der Waals surface area contributed by atoms with Crippen LogP contribution in [0.4, 0.5) is 0 Å². The molecule has 1 saturated heterocycles. The minimum atomic E-state index is -0.242. The Bertz CT molecular complexity index is 431. The van der Waals surface area contributed by atoms with Crippen LogP contribution in [0.2, 0.25) is 0 Å². The van der Waals surface area contributed by atoms with Gasteiger partial charge in [-0.1, -0.05) is 37.3 Å². The van der Waals surface area contributed by atoms with Crippen molar-refractivity contribution in [1.29, 1.82) is 0 Å². The molecule has 3 N–H and O–H groups in total. The summed E-state index contributed by atoms with van der Waals surface area (Å²) in [4.78, 5) is 14.8. The fraction of sp³-hybridized carbons (Fsp3) is 0.562. The second-order valence-corrected chi connectivity index (χ2v) is 5.44. The highest BCUT2D eigenvalue weighted by Gasteiger charge is 2.24. The number of likely N-dealkylation sites (tertiary alicyclic amines) is 1. The van der Waals surface area contributed by atoms with E-state index in [2.05, 4.69) is 17.1 Å². The van der Waals surface area contributed by atoms with Gasteiger partial charge in [-0.15, -0.1) is 24.8 Å². The van der Waals surface area contributed by atoms with Gasteiger partial charge in [0.15, 0.2) is 0 Å². The maximum atomic E-state index is 12.4. The molecule has 2 atom stereocenters. The number of nitrogens with two attached hydrogens (primary N) is 1. The Hall–Kier alpha value is -0.810. The molecule has 126 valence electrons. The molecule has 4 nitrogen and oxygen atoms in total. The standard InChI is InChI=1S/C16H25N3O.2ClH/c1-2-19-10-6-9-14(12-19)18-16(20)15(11-17)13-7-4-3-5-8-13;;/h3-5,7-8,14-15H,2,6,9-12,17H2,1H3,(H,18,20);2*1H. The second kappa shape index (κ2) is 10.8. The summed E-state index contributed by atoms with van der Waals surface area (Å²) in [5.41, 5.74) is 6.79. The molecular formula is C16H27Cl2N3O. The van der Waals surface area contributed by atoms with Crippen molar-refractivity contribution in [1.82, 2.24) is 10.2 Å². The van der Waals surface area contributed by atoms with E-state index in [1.165, 1.54) is 0 Å². The predicted molar refractivity (Wildman–Crippen MR) is 96.0 cm³/mol. The first-order chi connectivity index (χ1) is 9.74. The van der Waals surface area contributed by atoms with Crippen molar-refractivity contribution in [2.24, 2.45) is 5.73 Å². The molecule has 1 aliphatic rings. The van der Waals surface area contributed by atoms with E-state index in [0.717, 1.165) is 38.0 Å². The molecule has 1 amide bonds. The summed E-state index contributed by atoms with van der Waals surface area (Å²) in [6.07, 6.45) is 2.21. The van der Waals surface area contributed by atoms with Crippen LogP contribution in [0, 0.1) is 0 Å². The van der Waals surface area contributed by atoms with Gasteiger partial charge in [0.2, 0.25) is 5.91 Å². The molecule has 0 aliphatic carbocycles. The summed E-state index contributed by atoms with van der Waals surface area (Å²) in [6, 6.07) is 10.0. The topological polar surface area (TPSA) is 58.4 Å². The molecule has 1 heterocycles. The van der Waals surface area contributed by atoms with Crippen molar-refractivity contribution in [3.8, 4) is 0 Å². The summed E-state index contributed by atoms with van der Waals surface area (Å²) >= 11 is 0. The van der Waals surface area contributed by atoms with Crippen LogP contribution in [-0.2, 0) is 4.79 Å². The maximum absolute atomic E-state index is 12.4. The molecule has 2 rings (SSSR count). The number of hydrogen-bond donors (Lipinski definition) is 2. The first-order valence-corrected chi connectivity index (χ1v) is 7.52. The summed E-state index contributed by atoms with van der Waals surface area (Å²) < 4.78 is 0. The number of hydrogen-bond acceptors (Lipinski definition) is 3. The Morgan fingerprint density at radius 2 is 2.05 bits per heavy atom. The summed E-state index contributed by atoms with van der Waals surface area (Å²) in [7, 11) is 0. The molecule has 0 saturated carbocycles. The van der Waals surface area contributed by atoms with E-state index in [4.69, 9.17) is 5.73 Å². The number of halogens is 2. The van der Waals surface area contributed by atoms with Crippen LogP contribution in [0.3, 0.4) is 0 Å². The van der Waals surface area contributed by atoms with Crippen molar-refractivity contribution in [3.05, 3.63) is 35.9 Å². The average molecular weight is 348 g/mol. The van der Waals surface area contributed by atoms with Gasteiger partial charge in [-0.25, -0.2) is 0 Å². The lowest BCUT2D eigenvalue weighted by atomic mass is 9.97. The van der Waals surface area contributed by atoms with Gasteiger partial charge in [-0.3, -0.25) is 4.79 Å². The lowest BCUT2D eigenvalue weighted by Gasteiger charge is -2.33. The summed E-state index contributed by atoms with van der Waals surface area (Å²) in [6.45, 7) is 5.65. The van der Waals surface area contributed by atoms with E-state index in [1.54, 1.807) is 0 Å². The number of likely N-dealkylation sites (N-methyl/N-ethyl adjacent to an activating group) is 1. The molecule has 0 aromatic heterocycles. The van der Waals surface area contributed by atoms with Crippen LogP contribution >= 0.6 is 24.8 Å². The predicted octanol–water partition coefficient (Wildman–Crippen LogP) is 2.17. The fourth-order valence-electron chi connectivity index (χ4n) is 2.84. The highest BCUT2D eigenvalue weighted by Crippen LogP contribution is 2.16. The molecule has 0 bridgehead atoms. The van der Waals surface area contributed by atoms with E-state index in [0.29, 0.717) is 6.54 Å². The molecule has 1 aromatic carbocycles. The van der Waals surface area contributed by atoms with Gasteiger partial charge in [-0.2, -0.15) is 0 Å². The van der Waals surface area contributed by atoms with Gasteiger partial charge >= 0.3 is 0 Å². The number of carbonyl (C=O) groups is 1. The molecule has 0 spiro atoms. The number of nitrogens with one attached hydrogen (secondary N) is 1. The molecule has 2 unspecified atom stereocenters. The Morgan fingerprint density at radius 3 is 2.64 bits per heavy atom. The number of nitrogens with zero attached hydrogens (tertiary/aromatic N) is 1. The van der Waals surface area contributed by atoms with Crippen LogP contribution in [0.25, 0.3) is 0 Å². The zero-order valence-electron chi connectivity index (χ0n) is 13.0. The zero-order valence-corrected chi connectivity index (χ0v) is 14.7. The minimum absolute atomic E-state index is 0. The second-order valence-electron chi connectivity index (χ2n) is 5.44. The SMILES string of the molecule is CCN1CCCC(NC(=O)C(CN)c2ccccc2)C1.Cl.Cl. The molecule has 0 radical (unpaired) electrons. The lowest BCUT2D eigenvalue weighted by Crippen LogP contribution is -2.49. The van der Waals surface area contributed by atoms with Crippen molar-refractivity contribution in [2.75, 3.05) is 26.2 Å². The van der Waals surface area contributed by atoms with Crippen LogP contribution in [0.5, 0.6) is 0 Å². The number of benzene rings is 1. The molecule has 1 aromatic rings. The van der Waals surface area contributed by atoms with E-state index in [9.17, 15) is 4.79 Å². The third-order valence-electron chi connectivity index (χ3n) is 4.05. The van der Waals surface area contributed by atoms with Crippen molar-refractivity contribution >= 4 is 30.7 Å².